The predicted octanol–water partition coefficient (Wildman–Crippen LogP) is 5.39. The molecular weight excluding hydrogens is 371 g/mol. The van der Waals surface area contributed by atoms with Gasteiger partial charge in [0, 0.05) is 5.56 Å². The van der Waals surface area contributed by atoms with Crippen LogP contribution in [0.2, 0.25) is 0 Å². The Bertz CT molecular complexity index is 858. The van der Waals surface area contributed by atoms with Crippen molar-refractivity contribution in [2.75, 3.05) is 6.61 Å². The van der Waals surface area contributed by atoms with E-state index in [1.165, 1.54) is 6.07 Å². The molecule has 4 rings (SSSR count). The molecule has 1 aliphatic heterocycles. The molecular formula is C24H27FO4. The number of ether oxygens (including phenoxy) is 3. The second-order valence-electron chi connectivity index (χ2n) is 7.78. The highest BCUT2D eigenvalue weighted by Crippen LogP contribution is 2.38. The minimum absolute atomic E-state index is 0.00190. The van der Waals surface area contributed by atoms with E-state index in [9.17, 15) is 9.18 Å². The molecule has 2 aliphatic rings. The number of esters is 1. The van der Waals surface area contributed by atoms with Crippen LogP contribution in [0, 0.1) is 11.7 Å². The van der Waals surface area contributed by atoms with Gasteiger partial charge in [0.15, 0.2) is 0 Å². The number of hydrogen-bond donors (Lipinski definition) is 0. The quantitative estimate of drug-likeness (QED) is 0.633. The van der Waals surface area contributed by atoms with Crippen LogP contribution < -0.4 is 9.47 Å². The van der Waals surface area contributed by atoms with E-state index in [2.05, 4.69) is 0 Å². The van der Waals surface area contributed by atoms with Crippen LogP contribution in [0.15, 0.2) is 42.5 Å². The van der Waals surface area contributed by atoms with E-state index in [4.69, 9.17) is 14.2 Å². The summed E-state index contributed by atoms with van der Waals surface area (Å²) in [4.78, 5) is 11.9. The van der Waals surface area contributed by atoms with Gasteiger partial charge in [-0.05, 0) is 75.3 Å². The lowest BCUT2D eigenvalue weighted by Crippen LogP contribution is -2.29. The highest BCUT2D eigenvalue weighted by molar-refractivity contribution is 5.72. The number of rotatable bonds is 5. The van der Waals surface area contributed by atoms with Crippen LogP contribution in [0.5, 0.6) is 11.5 Å². The number of halogens is 1. The van der Waals surface area contributed by atoms with Crippen LogP contribution in [0.25, 0.3) is 0 Å². The predicted molar refractivity (Wildman–Crippen MR) is 108 cm³/mol. The first-order valence-corrected chi connectivity index (χ1v) is 10.5. The molecule has 0 N–H and O–H groups in total. The van der Waals surface area contributed by atoms with Crippen molar-refractivity contribution in [3.8, 4) is 11.5 Å². The van der Waals surface area contributed by atoms with E-state index >= 15 is 0 Å². The third-order valence-electron chi connectivity index (χ3n) is 5.83. The van der Waals surface area contributed by atoms with E-state index in [1.54, 1.807) is 12.1 Å². The lowest BCUT2D eigenvalue weighted by Gasteiger charge is -2.29. The van der Waals surface area contributed by atoms with Gasteiger partial charge in [0.1, 0.15) is 23.4 Å². The van der Waals surface area contributed by atoms with Gasteiger partial charge in [0.2, 0.25) is 0 Å². The van der Waals surface area contributed by atoms with Gasteiger partial charge in [-0.25, -0.2) is 4.39 Å². The topological polar surface area (TPSA) is 44.8 Å². The normalized spacial score (nSPS) is 23.6. The number of aryl methyl sites for hydroxylation is 1. The van der Waals surface area contributed by atoms with Crippen LogP contribution in [-0.4, -0.2) is 18.7 Å². The Hall–Kier alpha value is -2.56. The maximum absolute atomic E-state index is 14.1. The zero-order chi connectivity index (χ0) is 20.2. The molecule has 0 amide bonds. The highest BCUT2D eigenvalue weighted by atomic mass is 19.1. The van der Waals surface area contributed by atoms with Gasteiger partial charge < -0.3 is 14.2 Å². The van der Waals surface area contributed by atoms with Gasteiger partial charge in [-0.3, -0.25) is 4.79 Å². The molecule has 0 radical (unpaired) electrons. The summed E-state index contributed by atoms with van der Waals surface area (Å²) < 4.78 is 31.4. The van der Waals surface area contributed by atoms with E-state index in [1.807, 2.05) is 31.2 Å². The zero-order valence-electron chi connectivity index (χ0n) is 16.7. The SMILES string of the molecule is CCOC(=O)C1CCC(Oc2ccc3c(c2)CCC(c2ccccc2F)O3)CC1. The second-order valence-corrected chi connectivity index (χ2v) is 7.78. The summed E-state index contributed by atoms with van der Waals surface area (Å²) in [5.74, 6) is 1.32. The molecule has 0 aromatic heterocycles. The van der Waals surface area contributed by atoms with E-state index in [-0.39, 0.29) is 29.9 Å². The zero-order valence-corrected chi connectivity index (χ0v) is 16.7. The van der Waals surface area contributed by atoms with Crippen molar-refractivity contribution >= 4 is 5.97 Å². The molecule has 1 fully saturated rings. The molecule has 0 spiro atoms. The summed E-state index contributed by atoms with van der Waals surface area (Å²) in [6.07, 6.45) is 4.74. The van der Waals surface area contributed by atoms with Crippen molar-refractivity contribution < 1.29 is 23.4 Å². The molecule has 0 bridgehead atoms. The standard InChI is InChI=1S/C24H27FO4/c1-2-27-24(26)16-7-10-18(11-8-16)28-19-12-14-22-17(15-19)9-13-23(29-22)20-5-3-4-6-21(20)25/h3-6,12,14-16,18,23H,2,7-11,13H2,1H3. The number of carbonyl (C=O) groups is 1. The number of hydrogen-bond acceptors (Lipinski definition) is 4. The molecule has 154 valence electrons. The Kier molecular flexibility index (Phi) is 6.02. The van der Waals surface area contributed by atoms with Crippen LogP contribution in [0.4, 0.5) is 4.39 Å². The Morgan fingerprint density at radius 1 is 1.10 bits per heavy atom. The lowest BCUT2D eigenvalue weighted by molar-refractivity contribution is -0.149. The molecule has 1 saturated carbocycles. The van der Waals surface area contributed by atoms with Crippen LogP contribution in [0.1, 0.15) is 56.3 Å². The molecule has 2 aromatic rings. The van der Waals surface area contributed by atoms with Crippen molar-refractivity contribution in [2.45, 2.75) is 57.7 Å². The first kappa shape index (κ1) is 19.7. The first-order chi connectivity index (χ1) is 14.1. The van der Waals surface area contributed by atoms with Crippen molar-refractivity contribution in [1.82, 2.24) is 0 Å². The van der Waals surface area contributed by atoms with Crippen molar-refractivity contribution in [1.29, 1.82) is 0 Å². The van der Waals surface area contributed by atoms with E-state index in [0.717, 1.165) is 55.6 Å². The maximum atomic E-state index is 14.1. The second kappa shape index (κ2) is 8.85. The molecule has 1 aliphatic carbocycles. The molecule has 1 atom stereocenters. The number of benzene rings is 2. The fraction of sp³-hybridized carbons (Fsp3) is 0.458. The van der Waals surface area contributed by atoms with E-state index < -0.39 is 0 Å². The highest BCUT2D eigenvalue weighted by Gasteiger charge is 2.29. The minimum atomic E-state index is -0.256. The Labute approximate surface area is 171 Å². The molecule has 1 heterocycles. The van der Waals surface area contributed by atoms with Gasteiger partial charge in [-0.2, -0.15) is 0 Å². The number of fused-ring (bicyclic) bond motifs is 1. The monoisotopic (exact) mass is 398 g/mol. The Morgan fingerprint density at radius 2 is 1.90 bits per heavy atom. The van der Waals surface area contributed by atoms with Crippen LogP contribution >= 0.6 is 0 Å². The van der Waals surface area contributed by atoms with Crippen molar-refractivity contribution in [3.63, 3.8) is 0 Å². The summed E-state index contributed by atoms with van der Waals surface area (Å²) in [5.41, 5.74) is 1.70. The molecule has 5 heteroatoms. The smallest absolute Gasteiger partial charge is 0.308 e. The van der Waals surface area contributed by atoms with Gasteiger partial charge in [0.05, 0.1) is 18.6 Å². The van der Waals surface area contributed by atoms with Gasteiger partial charge in [0.25, 0.3) is 0 Å². The maximum Gasteiger partial charge on any atom is 0.308 e. The summed E-state index contributed by atoms with van der Waals surface area (Å²) in [5, 5.41) is 0. The van der Waals surface area contributed by atoms with Crippen molar-refractivity contribution in [2.24, 2.45) is 5.92 Å². The van der Waals surface area contributed by atoms with E-state index in [0.29, 0.717) is 12.2 Å². The molecule has 0 saturated heterocycles. The fourth-order valence-electron chi connectivity index (χ4n) is 4.26. The first-order valence-electron chi connectivity index (χ1n) is 10.5. The molecule has 4 nitrogen and oxygen atoms in total. The molecule has 2 aromatic carbocycles. The van der Waals surface area contributed by atoms with Crippen LogP contribution in [-0.2, 0) is 16.0 Å². The Morgan fingerprint density at radius 3 is 2.66 bits per heavy atom. The van der Waals surface area contributed by atoms with Crippen LogP contribution in [0.3, 0.4) is 0 Å². The average Bonchev–Trinajstić information content (AvgIpc) is 2.74. The van der Waals surface area contributed by atoms with Crippen molar-refractivity contribution in [3.05, 3.63) is 59.4 Å². The van der Waals surface area contributed by atoms with Gasteiger partial charge in [-0.1, -0.05) is 18.2 Å². The lowest BCUT2D eigenvalue weighted by atomic mass is 9.87. The largest absolute Gasteiger partial charge is 0.490 e. The van der Waals surface area contributed by atoms with Gasteiger partial charge >= 0.3 is 5.97 Å². The Balaban J connectivity index is 1.35. The summed E-state index contributed by atoms with van der Waals surface area (Å²) >= 11 is 0. The summed E-state index contributed by atoms with van der Waals surface area (Å²) in [7, 11) is 0. The summed E-state index contributed by atoms with van der Waals surface area (Å²) in [6, 6.07) is 12.7. The van der Waals surface area contributed by atoms with Gasteiger partial charge in [-0.15, -0.1) is 0 Å². The third-order valence-corrected chi connectivity index (χ3v) is 5.83. The molecule has 1 unspecified atom stereocenters. The average molecular weight is 398 g/mol. The number of carbonyl (C=O) groups excluding carboxylic acids is 1. The minimum Gasteiger partial charge on any atom is -0.490 e. The summed E-state index contributed by atoms with van der Waals surface area (Å²) in [6.45, 7) is 2.27. The molecule has 29 heavy (non-hydrogen) atoms. The fourth-order valence-corrected chi connectivity index (χ4v) is 4.26. The third kappa shape index (κ3) is 4.55.